The minimum atomic E-state index is -0.192. The quantitative estimate of drug-likeness (QED) is 0.400. The number of benzene rings is 2. The molecule has 0 saturated carbocycles. The molecule has 170 valence electrons. The highest BCUT2D eigenvalue weighted by Crippen LogP contribution is 2.30. The van der Waals surface area contributed by atoms with E-state index in [0.717, 1.165) is 59.5 Å². The van der Waals surface area contributed by atoms with Gasteiger partial charge >= 0.3 is 0 Å². The summed E-state index contributed by atoms with van der Waals surface area (Å²) in [7, 11) is 0. The number of para-hydroxylation sites is 2. The zero-order valence-corrected chi connectivity index (χ0v) is 20.1. The number of rotatable bonds is 6. The molecular weight excluding hydrogens is 462 g/mol. The number of anilines is 2. The van der Waals surface area contributed by atoms with Crippen LogP contribution in [0.2, 0.25) is 0 Å². The Morgan fingerprint density at radius 2 is 1.88 bits per heavy atom. The van der Waals surface area contributed by atoms with Crippen molar-refractivity contribution >= 4 is 40.0 Å². The number of nitrogens with zero attached hydrogens (tertiary/aromatic N) is 4. The number of hydrogen-bond acceptors (Lipinski definition) is 7. The van der Waals surface area contributed by atoms with Gasteiger partial charge in [-0.3, -0.25) is 9.69 Å². The van der Waals surface area contributed by atoms with E-state index in [9.17, 15) is 4.79 Å². The number of carbonyl (C=O) groups excluding carboxylic acids is 1. The van der Waals surface area contributed by atoms with Crippen molar-refractivity contribution in [1.82, 2.24) is 9.88 Å². The molecule has 2 aromatic carbocycles. The fourth-order valence-corrected chi connectivity index (χ4v) is 5.69. The van der Waals surface area contributed by atoms with Crippen LogP contribution in [-0.4, -0.2) is 42.0 Å². The van der Waals surface area contributed by atoms with Crippen LogP contribution in [0.25, 0.3) is 9.88 Å². The van der Waals surface area contributed by atoms with Crippen molar-refractivity contribution in [2.45, 2.75) is 6.54 Å². The molecule has 1 N–H and O–H groups in total. The number of nitriles is 1. The zero-order chi connectivity index (χ0) is 23.3. The second-order valence-corrected chi connectivity index (χ2v) is 9.87. The Balaban J connectivity index is 1.23. The molecule has 1 aliphatic heterocycles. The summed E-state index contributed by atoms with van der Waals surface area (Å²) in [4.78, 5) is 23.2. The molecule has 6 nitrogen and oxygen atoms in total. The van der Waals surface area contributed by atoms with Gasteiger partial charge in [0.2, 0.25) is 0 Å². The molecular formula is C26H23N5OS2. The summed E-state index contributed by atoms with van der Waals surface area (Å²) < 4.78 is 0. The third kappa shape index (κ3) is 5.02. The maximum absolute atomic E-state index is 12.9. The summed E-state index contributed by atoms with van der Waals surface area (Å²) in [5.74, 6) is -0.192. The number of carbonyl (C=O) groups is 1. The minimum Gasteiger partial charge on any atom is -0.367 e. The first kappa shape index (κ1) is 22.3. The van der Waals surface area contributed by atoms with Gasteiger partial charge in [0.15, 0.2) is 0 Å². The second-order valence-electron chi connectivity index (χ2n) is 8.06. The van der Waals surface area contributed by atoms with E-state index in [0.29, 0.717) is 11.3 Å². The largest absolute Gasteiger partial charge is 0.367 e. The molecule has 0 bridgehead atoms. The molecule has 1 amide bonds. The number of aromatic nitrogens is 1. The molecule has 0 unspecified atom stereocenters. The molecule has 2 aromatic heterocycles. The third-order valence-corrected chi connectivity index (χ3v) is 7.68. The summed E-state index contributed by atoms with van der Waals surface area (Å²) >= 11 is 3.11. The Labute approximate surface area is 206 Å². The number of hydrogen-bond donors (Lipinski definition) is 1. The number of thiophene rings is 1. The maximum atomic E-state index is 12.9. The van der Waals surface area contributed by atoms with Crippen molar-refractivity contribution in [2.24, 2.45) is 0 Å². The molecule has 0 spiro atoms. The van der Waals surface area contributed by atoms with Gasteiger partial charge in [-0.2, -0.15) is 5.26 Å². The molecule has 8 heteroatoms. The van der Waals surface area contributed by atoms with Crippen LogP contribution < -0.4 is 10.2 Å². The average molecular weight is 486 g/mol. The summed E-state index contributed by atoms with van der Waals surface area (Å²) in [6.07, 6.45) is 0. The van der Waals surface area contributed by atoms with Crippen LogP contribution in [-0.2, 0) is 6.54 Å². The SMILES string of the molecule is N#Cc1cccc(CN2CCN(c3ccccc3NC(=O)c3csc(-c4cccs4)n3)CC2)c1. The standard InChI is InChI=1S/C26H23N5OS2/c27-16-19-5-3-6-20(15-19)17-30-10-12-31(13-11-30)23-8-2-1-7-21(23)28-25(32)22-18-34-26(29-22)24-9-4-14-33-24/h1-9,14-15,18H,10-13,17H2,(H,28,32). The smallest absolute Gasteiger partial charge is 0.275 e. The highest BCUT2D eigenvalue weighted by molar-refractivity contribution is 7.20. The molecule has 1 aliphatic rings. The second kappa shape index (κ2) is 10.2. The van der Waals surface area contributed by atoms with Gasteiger partial charge in [-0.25, -0.2) is 4.98 Å². The van der Waals surface area contributed by atoms with Gasteiger partial charge in [-0.1, -0.05) is 30.3 Å². The summed E-state index contributed by atoms with van der Waals surface area (Å²) in [6, 6.07) is 22.0. The van der Waals surface area contributed by atoms with Crippen LogP contribution in [0.4, 0.5) is 11.4 Å². The highest BCUT2D eigenvalue weighted by atomic mass is 32.1. The summed E-state index contributed by atoms with van der Waals surface area (Å²) in [5, 5.41) is 16.9. The van der Waals surface area contributed by atoms with Gasteiger partial charge in [0.25, 0.3) is 5.91 Å². The van der Waals surface area contributed by atoms with Crippen molar-refractivity contribution in [3.63, 3.8) is 0 Å². The zero-order valence-electron chi connectivity index (χ0n) is 18.5. The maximum Gasteiger partial charge on any atom is 0.275 e. The fraction of sp³-hybridized carbons (Fsp3) is 0.192. The average Bonchev–Trinajstić information content (AvgIpc) is 3.58. The van der Waals surface area contributed by atoms with Crippen molar-refractivity contribution in [2.75, 3.05) is 36.4 Å². The predicted octanol–water partition coefficient (Wildman–Crippen LogP) is 5.32. The van der Waals surface area contributed by atoms with Crippen LogP contribution in [0.15, 0.2) is 71.4 Å². The minimum absolute atomic E-state index is 0.192. The Hall–Kier alpha value is -3.51. The van der Waals surface area contributed by atoms with Gasteiger partial charge < -0.3 is 10.2 Å². The summed E-state index contributed by atoms with van der Waals surface area (Å²) in [5.41, 5.74) is 4.12. The van der Waals surface area contributed by atoms with Crippen LogP contribution >= 0.6 is 22.7 Å². The van der Waals surface area contributed by atoms with E-state index >= 15 is 0 Å². The first-order valence-electron chi connectivity index (χ1n) is 11.1. The number of nitrogens with one attached hydrogen (secondary N) is 1. The van der Waals surface area contributed by atoms with E-state index in [-0.39, 0.29) is 5.91 Å². The predicted molar refractivity (Wildman–Crippen MR) is 138 cm³/mol. The topological polar surface area (TPSA) is 72.3 Å². The fourth-order valence-electron chi connectivity index (χ4n) is 4.08. The van der Waals surface area contributed by atoms with Crippen LogP contribution in [0, 0.1) is 11.3 Å². The molecule has 34 heavy (non-hydrogen) atoms. The summed E-state index contributed by atoms with van der Waals surface area (Å²) in [6.45, 7) is 4.39. The van der Waals surface area contributed by atoms with E-state index in [1.165, 1.54) is 11.3 Å². The van der Waals surface area contributed by atoms with Gasteiger partial charge in [0.05, 0.1) is 27.9 Å². The normalized spacial score (nSPS) is 14.0. The lowest BCUT2D eigenvalue weighted by molar-refractivity contribution is 0.102. The van der Waals surface area contributed by atoms with E-state index in [1.54, 1.807) is 11.3 Å². The molecule has 1 saturated heterocycles. The Morgan fingerprint density at radius 3 is 2.68 bits per heavy atom. The van der Waals surface area contributed by atoms with Crippen molar-refractivity contribution in [3.05, 3.63) is 88.2 Å². The van der Waals surface area contributed by atoms with Crippen LogP contribution in [0.3, 0.4) is 0 Å². The van der Waals surface area contributed by atoms with E-state index in [2.05, 4.69) is 38.3 Å². The van der Waals surface area contributed by atoms with Crippen molar-refractivity contribution in [3.8, 4) is 16.0 Å². The van der Waals surface area contributed by atoms with Crippen LogP contribution in [0.5, 0.6) is 0 Å². The van der Waals surface area contributed by atoms with Gasteiger partial charge in [-0.05, 0) is 41.3 Å². The lowest BCUT2D eigenvalue weighted by Crippen LogP contribution is -2.46. The molecule has 0 atom stereocenters. The molecule has 0 aliphatic carbocycles. The monoisotopic (exact) mass is 485 g/mol. The van der Waals surface area contributed by atoms with Gasteiger partial charge in [0.1, 0.15) is 10.7 Å². The van der Waals surface area contributed by atoms with E-state index < -0.39 is 0 Å². The molecule has 4 aromatic rings. The molecule has 5 rings (SSSR count). The highest BCUT2D eigenvalue weighted by Gasteiger charge is 2.21. The molecule has 3 heterocycles. The Morgan fingerprint density at radius 1 is 1.03 bits per heavy atom. The number of thiazole rings is 1. The Bertz CT molecular complexity index is 1320. The van der Waals surface area contributed by atoms with E-state index in [1.807, 2.05) is 59.3 Å². The third-order valence-electron chi connectivity index (χ3n) is 5.80. The lowest BCUT2D eigenvalue weighted by atomic mass is 10.1. The van der Waals surface area contributed by atoms with Crippen molar-refractivity contribution in [1.29, 1.82) is 5.26 Å². The first-order chi connectivity index (χ1) is 16.7. The molecule has 1 fully saturated rings. The van der Waals surface area contributed by atoms with Gasteiger partial charge in [0, 0.05) is 38.1 Å². The Kier molecular flexibility index (Phi) is 6.67. The van der Waals surface area contributed by atoms with E-state index in [4.69, 9.17) is 5.26 Å². The number of amides is 1. The lowest BCUT2D eigenvalue weighted by Gasteiger charge is -2.37. The van der Waals surface area contributed by atoms with Crippen LogP contribution in [0.1, 0.15) is 21.6 Å². The van der Waals surface area contributed by atoms with Crippen molar-refractivity contribution < 1.29 is 4.79 Å². The number of piperazine rings is 1. The molecule has 0 radical (unpaired) electrons. The first-order valence-corrected chi connectivity index (χ1v) is 12.8. The van der Waals surface area contributed by atoms with Gasteiger partial charge in [-0.15, -0.1) is 22.7 Å².